The molecule has 32 heavy (non-hydrogen) atoms. The highest BCUT2D eigenvalue weighted by atomic mass is 32.2. The number of halogens is 2. The second-order valence-electron chi connectivity index (χ2n) is 8.38. The smallest absolute Gasteiger partial charge is 0.320 e. The highest BCUT2D eigenvalue weighted by Crippen LogP contribution is 2.33. The van der Waals surface area contributed by atoms with E-state index in [-0.39, 0.29) is 24.5 Å². The molecule has 2 aromatic carbocycles. The van der Waals surface area contributed by atoms with Gasteiger partial charge in [-0.1, -0.05) is 30.3 Å². The van der Waals surface area contributed by atoms with E-state index in [1.807, 2.05) is 4.90 Å². The molecule has 0 aliphatic carbocycles. The average molecular weight is 464 g/mol. The molecule has 2 amide bonds. The first-order valence-corrected chi connectivity index (χ1v) is 12.1. The minimum Gasteiger partial charge on any atom is -0.325 e. The Kier molecular flexibility index (Phi) is 7.05. The van der Waals surface area contributed by atoms with E-state index in [1.54, 1.807) is 35.2 Å². The van der Waals surface area contributed by atoms with Gasteiger partial charge in [0.2, 0.25) is 10.9 Å². The van der Waals surface area contributed by atoms with Crippen LogP contribution in [0.2, 0.25) is 0 Å². The van der Waals surface area contributed by atoms with Crippen LogP contribution in [0.25, 0.3) is 11.1 Å². The zero-order valence-corrected chi connectivity index (χ0v) is 18.6. The molecule has 0 radical (unpaired) electrons. The lowest BCUT2D eigenvalue weighted by Crippen LogP contribution is -2.52. The maximum atomic E-state index is 15.5. The molecule has 9 heteroatoms. The quantitative estimate of drug-likeness (QED) is 0.620. The van der Waals surface area contributed by atoms with Gasteiger partial charge in [-0.3, -0.25) is 0 Å². The van der Waals surface area contributed by atoms with Gasteiger partial charge in [-0.05, 0) is 54.9 Å². The number of rotatable bonds is 7. The van der Waals surface area contributed by atoms with Gasteiger partial charge in [0.25, 0.3) is 0 Å². The highest BCUT2D eigenvalue weighted by Gasteiger charge is 2.39. The Bertz CT molecular complexity index is 1050. The van der Waals surface area contributed by atoms with Gasteiger partial charge in [0, 0.05) is 37.8 Å². The van der Waals surface area contributed by atoms with Crippen molar-refractivity contribution in [1.29, 1.82) is 0 Å². The largest absolute Gasteiger partial charge is 0.325 e. The molecule has 2 aromatic rings. The van der Waals surface area contributed by atoms with E-state index in [0.29, 0.717) is 36.1 Å². The van der Waals surface area contributed by atoms with Gasteiger partial charge in [0.1, 0.15) is 11.6 Å². The number of hydrogen-bond donors (Lipinski definition) is 2. The summed E-state index contributed by atoms with van der Waals surface area (Å²) in [5, 5.41) is 0. The second-order valence-corrected chi connectivity index (χ2v) is 9.21. The minimum absolute atomic E-state index is 0.0340. The second kappa shape index (κ2) is 9.95. The molecular weight excluding hydrogens is 436 g/mol. The first-order chi connectivity index (χ1) is 15.4. The third-order valence-corrected chi connectivity index (χ3v) is 6.94. The van der Waals surface area contributed by atoms with Gasteiger partial charge < -0.3 is 9.80 Å². The summed E-state index contributed by atoms with van der Waals surface area (Å²) in [5.74, 6) is -0.792. The molecule has 0 saturated carbocycles. The molecule has 2 fully saturated rings. The Balaban J connectivity index is 1.58. The van der Waals surface area contributed by atoms with E-state index in [1.165, 1.54) is 12.1 Å². The number of nitrogens with zero attached hydrogens (tertiary/aromatic N) is 2. The first kappa shape index (κ1) is 22.7. The number of carbonyl (C=O) groups is 1. The maximum absolute atomic E-state index is 15.5. The Labute approximate surface area is 188 Å². The van der Waals surface area contributed by atoms with Crippen molar-refractivity contribution < 1.29 is 22.0 Å². The van der Waals surface area contributed by atoms with Gasteiger partial charge in [-0.25, -0.2) is 26.7 Å². The van der Waals surface area contributed by atoms with E-state index in [9.17, 15) is 17.6 Å². The van der Waals surface area contributed by atoms with Crippen LogP contribution in [-0.2, 0) is 17.3 Å². The lowest BCUT2D eigenvalue weighted by Gasteiger charge is -2.38. The van der Waals surface area contributed by atoms with E-state index in [4.69, 9.17) is 0 Å². The van der Waals surface area contributed by atoms with Gasteiger partial charge in [0.15, 0.2) is 0 Å². The van der Waals surface area contributed by atoms with Crippen LogP contribution in [0.15, 0.2) is 42.5 Å². The monoisotopic (exact) mass is 463 g/mol. The summed E-state index contributed by atoms with van der Waals surface area (Å²) in [6.45, 7) is 2.32. The van der Waals surface area contributed by atoms with Crippen molar-refractivity contribution in [3.05, 3.63) is 59.7 Å². The number of amides is 2. The van der Waals surface area contributed by atoms with Crippen LogP contribution in [0, 0.1) is 17.6 Å². The molecule has 0 spiro atoms. The molecule has 2 atom stereocenters. The molecular formula is C23H27F2N3O3S. The lowest BCUT2D eigenvalue weighted by atomic mass is 9.90. The van der Waals surface area contributed by atoms with Crippen molar-refractivity contribution in [2.24, 2.45) is 5.92 Å². The molecule has 2 saturated heterocycles. The average Bonchev–Trinajstić information content (AvgIpc) is 3.10. The third-order valence-electron chi connectivity index (χ3n) is 6.46. The molecule has 2 aliphatic rings. The van der Waals surface area contributed by atoms with Crippen LogP contribution in [0.5, 0.6) is 0 Å². The van der Waals surface area contributed by atoms with Gasteiger partial charge in [0.05, 0.1) is 0 Å². The summed E-state index contributed by atoms with van der Waals surface area (Å²) in [4.78, 5) is 16.6. The Morgan fingerprint density at radius 1 is 1.09 bits per heavy atom. The number of nitrogens with one attached hydrogen (secondary N) is 1. The SMILES string of the molecule is O=C(N1CCC1)N1CC[C@@H](CCN[SH](=O)=O)[C@@H]1Cc1cccc(-c2cccc(F)c2)c1F. The molecule has 6 nitrogen and oxygen atoms in total. The minimum atomic E-state index is -2.68. The number of likely N-dealkylation sites (tertiary alicyclic amines) is 2. The number of hydrogen-bond acceptors (Lipinski definition) is 3. The maximum Gasteiger partial charge on any atom is 0.320 e. The van der Waals surface area contributed by atoms with Gasteiger partial charge in [-0.15, -0.1) is 0 Å². The molecule has 2 heterocycles. The van der Waals surface area contributed by atoms with Crippen molar-refractivity contribution >= 4 is 16.9 Å². The molecule has 172 valence electrons. The Hall–Kier alpha value is -2.52. The summed E-state index contributed by atoms with van der Waals surface area (Å²) in [6, 6.07) is 10.6. The van der Waals surface area contributed by atoms with Crippen LogP contribution in [0.1, 0.15) is 24.8 Å². The normalized spacial score (nSPS) is 20.6. The zero-order chi connectivity index (χ0) is 22.7. The van der Waals surface area contributed by atoms with Crippen LogP contribution in [0.3, 0.4) is 0 Å². The van der Waals surface area contributed by atoms with Crippen LogP contribution in [0.4, 0.5) is 13.6 Å². The molecule has 0 aromatic heterocycles. The van der Waals surface area contributed by atoms with E-state index < -0.39 is 22.5 Å². The van der Waals surface area contributed by atoms with E-state index >= 15 is 4.39 Å². The summed E-state index contributed by atoms with van der Waals surface area (Å²) in [6.07, 6.45) is 2.62. The number of urea groups is 1. The van der Waals surface area contributed by atoms with Crippen molar-refractivity contribution in [3.63, 3.8) is 0 Å². The van der Waals surface area contributed by atoms with Crippen molar-refractivity contribution in [2.75, 3.05) is 26.2 Å². The van der Waals surface area contributed by atoms with Crippen LogP contribution >= 0.6 is 0 Å². The molecule has 4 rings (SSSR count). The predicted molar refractivity (Wildman–Crippen MR) is 119 cm³/mol. The lowest BCUT2D eigenvalue weighted by molar-refractivity contribution is 0.117. The van der Waals surface area contributed by atoms with E-state index in [2.05, 4.69) is 4.72 Å². The zero-order valence-electron chi connectivity index (χ0n) is 17.7. The fourth-order valence-corrected chi connectivity index (χ4v) is 4.95. The van der Waals surface area contributed by atoms with Gasteiger partial charge in [-0.2, -0.15) is 0 Å². The van der Waals surface area contributed by atoms with Crippen LogP contribution in [-0.4, -0.2) is 56.5 Å². The molecule has 1 N–H and O–H groups in total. The standard InChI is InChI=1S/C23H27F2N3O3S/c24-19-6-1-4-17(14-19)20-7-2-5-18(22(20)25)15-21-16(8-10-26-32(30)31)9-13-28(21)23(29)27-11-3-12-27/h1-2,4-7,14,16,21,32H,3,8-13,15H2,(H,26,30,31)/t16-,21+/m1/s1. The Morgan fingerprint density at radius 3 is 2.56 bits per heavy atom. The number of benzene rings is 2. The number of carbonyl (C=O) groups excluding carboxylic acids is 1. The molecule has 0 bridgehead atoms. The third kappa shape index (κ3) is 4.94. The fourth-order valence-electron chi connectivity index (χ4n) is 4.64. The van der Waals surface area contributed by atoms with Gasteiger partial charge >= 0.3 is 6.03 Å². The fraction of sp³-hybridized carbons (Fsp3) is 0.435. The summed E-state index contributed by atoms with van der Waals surface area (Å²) in [7, 11) is -2.68. The summed E-state index contributed by atoms with van der Waals surface area (Å²) in [5.41, 5.74) is 1.25. The molecule has 0 unspecified atom stereocenters. The first-order valence-electron chi connectivity index (χ1n) is 10.9. The Morgan fingerprint density at radius 2 is 1.88 bits per heavy atom. The van der Waals surface area contributed by atoms with Crippen molar-refractivity contribution in [1.82, 2.24) is 14.5 Å². The van der Waals surface area contributed by atoms with Crippen molar-refractivity contribution in [2.45, 2.75) is 31.7 Å². The number of thiol groups is 1. The predicted octanol–water partition coefficient (Wildman–Crippen LogP) is 3.20. The summed E-state index contributed by atoms with van der Waals surface area (Å²) >= 11 is 0. The van der Waals surface area contributed by atoms with E-state index in [0.717, 1.165) is 25.9 Å². The van der Waals surface area contributed by atoms with Crippen molar-refractivity contribution in [3.8, 4) is 11.1 Å². The topological polar surface area (TPSA) is 69.7 Å². The highest BCUT2D eigenvalue weighted by molar-refractivity contribution is 7.70. The van der Waals surface area contributed by atoms with Crippen LogP contribution < -0.4 is 4.72 Å². The molecule has 2 aliphatic heterocycles. The summed E-state index contributed by atoms with van der Waals surface area (Å²) < 4.78 is 53.3.